The molecule has 182 valence electrons. The van der Waals surface area contributed by atoms with Gasteiger partial charge in [-0.2, -0.15) is 0 Å². The van der Waals surface area contributed by atoms with Crippen LogP contribution in [0.4, 0.5) is 0 Å². The third-order valence-electron chi connectivity index (χ3n) is 5.37. The number of carbonyl (C=O) groups is 3. The SMILES string of the molecule is COc1ccc(CN(C(=O)CN2C(=O)c3ccccc3S2(=O)=O)[C@@H](C)C(=O)NC(C)(C)C)cc1. The highest BCUT2D eigenvalue weighted by molar-refractivity contribution is 7.90. The molecule has 0 saturated heterocycles. The van der Waals surface area contributed by atoms with Crippen LogP contribution in [0.15, 0.2) is 53.4 Å². The Bertz CT molecular complexity index is 1200. The van der Waals surface area contributed by atoms with Crippen molar-refractivity contribution in [3.8, 4) is 5.75 Å². The Morgan fingerprint density at radius 3 is 2.26 bits per heavy atom. The molecule has 0 aromatic heterocycles. The molecule has 3 rings (SSSR count). The lowest BCUT2D eigenvalue weighted by atomic mass is 10.1. The fourth-order valence-corrected chi connectivity index (χ4v) is 5.10. The molecule has 9 nitrogen and oxygen atoms in total. The van der Waals surface area contributed by atoms with Crippen LogP contribution < -0.4 is 10.1 Å². The molecule has 1 aliphatic rings. The summed E-state index contributed by atoms with van der Waals surface area (Å²) in [6.45, 7) is 6.35. The number of carbonyl (C=O) groups excluding carboxylic acids is 3. The predicted molar refractivity (Wildman–Crippen MR) is 126 cm³/mol. The maximum Gasteiger partial charge on any atom is 0.269 e. The van der Waals surface area contributed by atoms with Crippen molar-refractivity contribution in [1.29, 1.82) is 0 Å². The molecular formula is C24H29N3O6S. The standard InChI is InChI=1S/C24H29N3O6S/c1-16(22(29)25-24(2,3)4)26(14-17-10-12-18(33-5)13-11-17)21(28)15-27-23(30)19-8-6-7-9-20(19)34(27,31)32/h6-13,16H,14-15H2,1-5H3,(H,25,29)/t16-/m0/s1. The molecule has 2 aromatic carbocycles. The normalized spacial score (nSPS) is 15.4. The number of methoxy groups -OCH3 is 1. The second-order valence-electron chi connectivity index (χ2n) is 9.10. The maximum absolute atomic E-state index is 13.4. The van der Waals surface area contributed by atoms with Crippen LogP contribution in [0.1, 0.15) is 43.6 Å². The van der Waals surface area contributed by atoms with Gasteiger partial charge >= 0.3 is 0 Å². The Balaban J connectivity index is 1.89. The molecule has 0 bridgehead atoms. The van der Waals surface area contributed by atoms with Crippen LogP contribution >= 0.6 is 0 Å². The van der Waals surface area contributed by atoms with Crippen LogP contribution in [0.3, 0.4) is 0 Å². The van der Waals surface area contributed by atoms with Gasteiger partial charge in [-0.15, -0.1) is 0 Å². The van der Waals surface area contributed by atoms with Gasteiger partial charge in [0.05, 0.1) is 12.7 Å². The van der Waals surface area contributed by atoms with Crippen LogP contribution in [0.5, 0.6) is 5.75 Å². The summed E-state index contributed by atoms with van der Waals surface area (Å²) in [5.74, 6) is -1.20. The van der Waals surface area contributed by atoms with E-state index in [0.717, 1.165) is 0 Å². The first kappa shape index (κ1) is 25.2. The molecule has 0 aliphatic carbocycles. The summed E-state index contributed by atoms with van der Waals surface area (Å²) in [4.78, 5) is 40.2. The minimum atomic E-state index is -4.16. The molecule has 0 spiro atoms. The average molecular weight is 488 g/mol. The summed E-state index contributed by atoms with van der Waals surface area (Å²) in [6.07, 6.45) is 0. The van der Waals surface area contributed by atoms with Gasteiger partial charge in [0.15, 0.2) is 0 Å². The van der Waals surface area contributed by atoms with Crippen molar-refractivity contribution in [3.05, 3.63) is 59.7 Å². The summed E-state index contributed by atoms with van der Waals surface area (Å²) in [5, 5.41) is 2.84. The smallest absolute Gasteiger partial charge is 0.269 e. The molecule has 10 heteroatoms. The Hall–Kier alpha value is -3.40. The van der Waals surface area contributed by atoms with E-state index in [9.17, 15) is 22.8 Å². The van der Waals surface area contributed by atoms with Crippen molar-refractivity contribution < 1.29 is 27.5 Å². The second-order valence-corrected chi connectivity index (χ2v) is 10.9. The number of fused-ring (bicyclic) bond motifs is 1. The van der Waals surface area contributed by atoms with Gasteiger partial charge in [0.2, 0.25) is 11.8 Å². The number of amides is 3. The summed E-state index contributed by atoms with van der Waals surface area (Å²) in [6, 6.07) is 11.9. The van der Waals surface area contributed by atoms with E-state index in [-0.39, 0.29) is 17.0 Å². The van der Waals surface area contributed by atoms with Gasteiger partial charge in [0.1, 0.15) is 23.2 Å². The number of nitrogens with one attached hydrogen (secondary N) is 1. The van der Waals surface area contributed by atoms with E-state index in [0.29, 0.717) is 15.6 Å². The highest BCUT2D eigenvalue weighted by Crippen LogP contribution is 2.30. The van der Waals surface area contributed by atoms with Gasteiger partial charge in [-0.3, -0.25) is 14.4 Å². The van der Waals surface area contributed by atoms with Gasteiger partial charge < -0.3 is 15.0 Å². The third kappa shape index (κ3) is 5.22. The highest BCUT2D eigenvalue weighted by Gasteiger charge is 2.43. The van der Waals surface area contributed by atoms with Crippen LogP contribution in [0.2, 0.25) is 0 Å². The quantitative estimate of drug-likeness (QED) is 0.641. The van der Waals surface area contributed by atoms with Crippen molar-refractivity contribution in [2.45, 2.75) is 50.7 Å². The van der Waals surface area contributed by atoms with E-state index in [4.69, 9.17) is 4.74 Å². The third-order valence-corrected chi connectivity index (χ3v) is 7.16. The molecule has 2 aromatic rings. The van der Waals surface area contributed by atoms with Crippen molar-refractivity contribution in [1.82, 2.24) is 14.5 Å². The maximum atomic E-state index is 13.4. The first-order valence-corrected chi connectivity index (χ1v) is 12.2. The lowest BCUT2D eigenvalue weighted by Crippen LogP contribution is -2.54. The van der Waals surface area contributed by atoms with Crippen LogP contribution in [0, 0.1) is 0 Å². The van der Waals surface area contributed by atoms with E-state index >= 15 is 0 Å². The number of rotatable bonds is 7. The van der Waals surface area contributed by atoms with Crippen molar-refractivity contribution >= 4 is 27.7 Å². The highest BCUT2D eigenvalue weighted by atomic mass is 32.2. The van der Waals surface area contributed by atoms with Crippen LogP contribution in [-0.2, 0) is 26.2 Å². The second kappa shape index (κ2) is 9.46. The van der Waals surface area contributed by atoms with E-state index < -0.39 is 45.9 Å². The minimum absolute atomic E-state index is 0.0236. The molecule has 1 N–H and O–H groups in total. The average Bonchev–Trinajstić information content (AvgIpc) is 2.97. The lowest BCUT2D eigenvalue weighted by molar-refractivity contribution is -0.141. The first-order valence-electron chi connectivity index (χ1n) is 10.8. The Labute approximate surface area is 199 Å². The molecule has 0 unspecified atom stereocenters. The lowest BCUT2D eigenvalue weighted by Gasteiger charge is -2.32. The summed E-state index contributed by atoms with van der Waals surface area (Å²) < 4.78 is 31.6. The first-order chi connectivity index (χ1) is 15.8. The zero-order valence-corrected chi connectivity index (χ0v) is 20.7. The molecule has 34 heavy (non-hydrogen) atoms. The molecule has 0 saturated carbocycles. The number of benzene rings is 2. The molecule has 1 aliphatic heterocycles. The van der Waals surface area contributed by atoms with E-state index in [2.05, 4.69) is 5.32 Å². The molecule has 3 amide bonds. The minimum Gasteiger partial charge on any atom is -0.497 e. The Morgan fingerprint density at radius 2 is 1.71 bits per heavy atom. The number of ether oxygens (including phenoxy) is 1. The summed E-state index contributed by atoms with van der Waals surface area (Å²) in [5.41, 5.74) is 0.203. The molecule has 1 atom stereocenters. The zero-order valence-electron chi connectivity index (χ0n) is 19.9. The van der Waals surface area contributed by atoms with Gasteiger partial charge in [-0.25, -0.2) is 12.7 Å². The van der Waals surface area contributed by atoms with Crippen LogP contribution in [0.25, 0.3) is 0 Å². The predicted octanol–water partition coefficient (Wildman–Crippen LogP) is 2.17. The number of sulfonamides is 1. The number of hydrogen-bond acceptors (Lipinski definition) is 6. The summed E-state index contributed by atoms with van der Waals surface area (Å²) in [7, 11) is -2.62. The van der Waals surface area contributed by atoms with Gasteiger partial charge in [0, 0.05) is 12.1 Å². The number of hydrogen-bond donors (Lipinski definition) is 1. The molecular weight excluding hydrogens is 458 g/mol. The van der Waals surface area contributed by atoms with Gasteiger partial charge in [0.25, 0.3) is 15.9 Å². The fraction of sp³-hybridized carbons (Fsp3) is 0.375. The van der Waals surface area contributed by atoms with Crippen molar-refractivity contribution in [2.24, 2.45) is 0 Å². The molecule has 1 heterocycles. The Kier molecular flexibility index (Phi) is 7.02. The zero-order chi connectivity index (χ0) is 25.3. The largest absolute Gasteiger partial charge is 0.497 e. The fourth-order valence-electron chi connectivity index (χ4n) is 3.59. The van der Waals surface area contributed by atoms with Gasteiger partial charge in [-0.1, -0.05) is 24.3 Å². The number of nitrogens with zero attached hydrogens (tertiary/aromatic N) is 2. The van der Waals surface area contributed by atoms with Crippen LogP contribution in [-0.4, -0.2) is 60.6 Å². The monoisotopic (exact) mass is 487 g/mol. The molecule has 0 fully saturated rings. The molecule has 0 radical (unpaired) electrons. The Morgan fingerprint density at radius 1 is 1.09 bits per heavy atom. The van der Waals surface area contributed by atoms with E-state index in [1.54, 1.807) is 37.3 Å². The summed E-state index contributed by atoms with van der Waals surface area (Å²) >= 11 is 0. The van der Waals surface area contributed by atoms with Crippen molar-refractivity contribution in [2.75, 3.05) is 13.7 Å². The topological polar surface area (TPSA) is 113 Å². The van der Waals surface area contributed by atoms with Gasteiger partial charge in [-0.05, 0) is 57.5 Å². The van der Waals surface area contributed by atoms with Crippen molar-refractivity contribution in [3.63, 3.8) is 0 Å². The van der Waals surface area contributed by atoms with E-state index in [1.165, 1.54) is 30.2 Å². The van der Waals surface area contributed by atoms with E-state index in [1.807, 2.05) is 20.8 Å².